The molecular weight excluding hydrogens is 420 g/mol. The highest BCUT2D eigenvalue weighted by Gasteiger charge is 2.27. The average molecular weight is 453 g/mol. The molecule has 0 saturated carbocycles. The summed E-state index contributed by atoms with van der Waals surface area (Å²) in [4.78, 5) is 20.2. The van der Waals surface area contributed by atoms with Gasteiger partial charge in [-0.3, -0.25) is 9.69 Å². The van der Waals surface area contributed by atoms with Crippen molar-refractivity contribution in [2.24, 2.45) is 0 Å². The Morgan fingerprint density at radius 2 is 2.03 bits per heavy atom. The molecule has 1 amide bonds. The van der Waals surface area contributed by atoms with Crippen LogP contribution in [0.25, 0.3) is 10.2 Å². The van der Waals surface area contributed by atoms with Gasteiger partial charge >= 0.3 is 0 Å². The van der Waals surface area contributed by atoms with E-state index in [-0.39, 0.29) is 12.0 Å². The second-order valence-corrected chi connectivity index (χ2v) is 9.56. The van der Waals surface area contributed by atoms with E-state index in [4.69, 9.17) is 14.5 Å². The highest BCUT2D eigenvalue weighted by Crippen LogP contribution is 2.33. The van der Waals surface area contributed by atoms with Crippen molar-refractivity contribution in [2.75, 3.05) is 24.7 Å². The third-order valence-electron chi connectivity index (χ3n) is 5.82. The Morgan fingerprint density at radius 1 is 1.22 bits per heavy atom. The number of ether oxygens (including phenoxy) is 2. The van der Waals surface area contributed by atoms with Crippen LogP contribution in [0, 0.1) is 13.8 Å². The molecule has 0 radical (unpaired) electrons. The Labute approximate surface area is 194 Å². The fraction of sp³-hybridized carbons (Fsp3) is 0.462. The molecule has 1 fully saturated rings. The van der Waals surface area contributed by atoms with Crippen molar-refractivity contribution in [3.8, 4) is 5.75 Å². The number of carbonyl (C=O) groups is 1. The number of aromatic nitrogens is 1. The van der Waals surface area contributed by atoms with E-state index in [1.807, 2.05) is 24.3 Å². The van der Waals surface area contributed by atoms with E-state index in [0.717, 1.165) is 59.0 Å². The molecule has 170 valence electrons. The number of benzene rings is 2. The third-order valence-corrected chi connectivity index (χ3v) is 6.85. The van der Waals surface area contributed by atoms with Crippen LogP contribution in [0.15, 0.2) is 36.4 Å². The lowest BCUT2D eigenvalue weighted by Gasteiger charge is -2.23. The summed E-state index contributed by atoms with van der Waals surface area (Å²) in [6.07, 6.45) is 5.43. The predicted octanol–water partition coefficient (Wildman–Crippen LogP) is 6.31. The fourth-order valence-electron chi connectivity index (χ4n) is 4.11. The first-order valence-electron chi connectivity index (χ1n) is 11.6. The van der Waals surface area contributed by atoms with Gasteiger partial charge in [-0.15, -0.1) is 0 Å². The summed E-state index contributed by atoms with van der Waals surface area (Å²) >= 11 is 1.57. The third kappa shape index (κ3) is 5.30. The lowest BCUT2D eigenvalue weighted by Crippen LogP contribution is -2.37. The Morgan fingerprint density at radius 3 is 2.75 bits per heavy atom. The van der Waals surface area contributed by atoms with Crippen molar-refractivity contribution in [1.82, 2.24) is 4.98 Å². The van der Waals surface area contributed by atoms with Crippen LogP contribution in [0.4, 0.5) is 5.13 Å². The summed E-state index contributed by atoms with van der Waals surface area (Å²) in [6, 6.07) is 11.7. The quantitative estimate of drug-likeness (QED) is 0.357. The first-order valence-corrected chi connectivity index (χ1v) is 12.4. The molecule has 3 aromatic rings. The Kier molecular flexibility index (Phi) is 7.43. The number of aryl methyl sites for hydroxylation is 2. The number of nitrogens with zero attached hydrogens (tertiary/aromatic N) is 2. The van der Waals surface area contributed by atoms with Crippen molar-refractivity contribution < 1.29 is 14.3 Å². The number of unbranched alkanes of at least 4 members (excludes halogenated alkanes) is 2. The van der Waals surface area contributed by atoms with Gasteiger partial charge in [-0.05, 0) is 74.6 Å². The van der Waals surface area contributed by atoms with Gasteiger partial charge in [0.1, 0.15) is 5.75 Å². The van der Waals surface area contributed by atoms with Gasteiger partial charge in [-0.25, -0.2) is 4.98 Å². The van der Waals surface area contributed by atoms with E-state index in [1.54, 1.807) is 16.2 Å². The summed E-state index contributed by atoms with van der Waals surface area (Å²) < 4.78 is 12.8. The van der Waals surface area contributed by atoms with E-state index >= 15 is 0 Å². The summed E-state index contributed by atoms with van der Waals surface area (Å²) in [6.45, 7) is 8.33. The minimum absolute atomic E-state index is 0.0496. The normalized spacial score (nSPS) is 15.9. The number of rotatable bonds is 9. The summed E-state index contributed by atoms with van der Waals surface area (Å²) in [5.41, 5.74) is 3.95. The molecule has 1 aliphatic rings. The first-order chi connectivity index (χ1) is 15.5. The SMILES string of the molecule is CCCCCOc1ccc(C(=O)N(CC2CCCO2)c2nc3c(C)cc(C)cc3s2)cc1. The minimum atomic E-state index is -0.0496. The van der Waals surface area contributed by atoms with Gasteiger partial charge < -0.3 is 9.47 Å². The zero-order valence-electron chi connectivity index (χ0n) is 19.2. The number of hydrogen-bond donors (Lipinski definition) is 0. The van der Waals surface area contributed by atoms with Gasteiger partial charge in [-0.1, -0.05) is 37.2 Å². The summed E-state index contributed by atoms with van der Waals surface area (Å²) in [7, 11) is 0. The second kappa shape index (κ2) is 10.5. The van der Waals surface area contributed by atoms with Crippen molar-refractivity contribution in [3.63, 3.8) is 0 Å². The van der Waals surface area contributed by atoms with Crippen molar-refractivity contribution in [2.45, 2.75) is 59.0 Å². The molecule has 0 bridgehead atoms. The van der Waals surface area contributed by atoms with Gasteiger partial charge in [0.25, 0.3) is 5.91 Å². The van der Waals surface area contributed by atoms with Crippen LogP contribution in [0.2, 0.25) is 0 Å². The second-order valence-electron chi connectivity index (χ2n) is 8.56. The van der Waals surface area contributed by atoms with Crippen LogP contribution in [0.1, 0.15) is 60.5 Å². The number of carbonyl (C=O) groups excluding carboxylic acids is 1. The van der Waals surface area contributed by atoms with Gasteiger partial charge in [0, 0.05) is 12.2 Å². The molecule has 5 nitrogen and oxygen atoms in total. The van der Waals surface area contributed by atoms with Gasteiger partial charge in [0.05, 0.1) is 29.5 Å². The number of fused-ring (bicyclic) bond motifs is 1. The van der Waals surface area contributed by atoms with Crippen LogP contribution in [-0.2, 0) is 4.74 Å². The topological polar surface area (TPSA) is 51.7 Å². The molecule has 1 aromatic heterocycles. The van der Waals surface area contributed by atoms with Gasteiger partial charge in [0.2, 0.25) is 0 Å². The lowest BCUT2D eigenvalue weighted by molar-refractivity contribution is 0.0917. The van der Waals surface area contributed by atoms with Crippen LogP contribution in [-0.4, -0.2) is 36.8 Å². The number of thiazole rings is 1. The maximum atomic E-state index is 13.6. The molecule has 1 saturated heterocycles. The predicted molar refractivity (Wildman–Crippen MR) is 131 cm³/mol. The van der Waals surface area contributed by atoms with Crippen molar-refractivity contribution in [3.05, 3.63) is 53.1 Å². The van der Waals surface area contributed by atoms with E-state index in [2.05, 4.69) is 32.9 Å². The highest BCUT2D eigenvalue weighted by molar-refractivity contribution is 7.22. The summed E-state index contributed by atoms with van der Waals surface area (Å²) in [5.74, 6) is 0.751. The highest BCUT2D eigenvalue weighted by atomic mass is 32.1. The molecule has 6 heteroatoms. The van der Waals surface area contributed by atoms with Gasteiger partial charge in [0.15, 0.2) is 5.13 Å². The molecule has 0 spiro atoms. The maximum absolute atomic E-state index is 13.6. The molecule has 1 atom stereocenters. The zero-order chi connectivity index (χ0) is 22.5. The van der Waals surface area contributed by atoms with Crippen LogP contribution >= 0.6 is 11.3 Å². The molecular formula is C26H32N2O3S. The Balaban J connectivity index is 1.57. The first kappa shape index (κ1) is 22.7. The fourth-order valence-corrected chi connectivity index (χ4v) is 5.26. The molecule has 4 rings (SSSR count). The molecule has 1 aliphatic heterocycles. The van der Waals surface area contributed by atoms with Crippen molar-refractivity contribution in [1.29, 1.82) is 0 Å². The zero-order valence-corrected chi connectivity index (χ0v) is 20.0. The molecule has 32 heavy (non-hydrogen) atoms. The number of anilines is 1. The Bertz CT molecular complexity index is 1050. The minimum Gasteiger partial charge on any atom is -0.494 e. The Hall–Kier alpha value is -2.44. The standard InChI is InChI=1S/C26H32N2O3S/c1-4-5-6-13-30-21-11-9-20(10-12-21)25(29)28(17-22-8-7-14-31-22)26-27-24-19(3)15-18(2)16-23(24)32-26/h9-12,15-16,22H,4-8,13-14,17H2,1-3H3. The van der Waals surface area contributed by atoms with E-state index < -0.39 is 0 Å². The smallest absolute Gasteiger partial charge is 0.260 e. The molecule has 2 heterocycles. The van der Waals surface area contributed by atoms with Crippen LogP contribution in [0.3, 0.4) is 0 Å². The largest absolute Gasteiger partial charge is 0.494 e. The monoisotopic (exact) mass is 452 g/mol. The van der Waals surface area contributed by atoms with Crippen LogP contribution < -0.4 is 9.64 Å². The molecule has 2 aromatic carbocycles. The average Bonchev–Trinajstić information content (AvgIpc) is 3.45. The summed E-state index contributed by atoms with van der Waals surface area (Å²) in [5, 5.41) is 0.731. The van der Waals surface area contributed by atoms with Crippen molar-refractivity contribution >= 4 is 32.6 Å². The lowest BCUT2D eigenvalue weighted by atomic mass is 10.1. The molecule has 1 unspecified atom stereocenters. The van der Waals surface area contributed by atoms with E-state index in [0.29, 0.717) is 18.7 Å². The van der Waals surface area contributed by atoms with E-state index in [1.165, 1.54) is 12.0 Å². The maximum Gasteiger partial charge on any atom is 0.260 e. The molecule has 0 N–H and O–H groups in total. The van der Waals surface area contributed by atoms with Gasteiger partial charge in [-0.2, -0.15) is 0 Å². The van der Waals surface area contributed by atoms with Crippen LogP contribution in [0.5, 0.6) is 5.75 Å². The number of amides is 1. The molecule has 0 aliphatic carbocycles. The number of hydrogen-bond acceptors (Lipinski definition) is 5. The van der Waals surface area contributed by atoms with E-state index in [9.17, 15) is 4.79 Å².